The molecule has 3 N–H and O–H groups in total. The van der Waals surface area contributed by atoms with Gasteiger partial charge in [0.2, 0.25) is 5.91 Å². The van der Waals surface area contributed by atoms with Crippen molar-refractivity contribution in [1.29, 1.82) is 0 Å². The van der Waals surface area contributed by atoms with Crippen LogP contribution in [-0.4, -0.2) is 32.6 Å². The summed E-state index contributed by atoms with van der Waals surface area (Å²) in [7, 11) is 3.37. The van der Waals surface area contributed by atoms with Crippen LogP contribution in [0.4, 0.5) is 5.69 Å². The molecule has 1 amide bonds. The van der Waals surface area contributed by atoms with E-state index in [0.29, 0.717) is 36.9 Å². The lowest BCUT2D eigenvalue weighted by atomic mass is 10.2. The average molecular weight is 517 g/mol. The summed E-state index contributed by atoms with van der Waals surface area (Å²) >= 11 is 5.83. The zero-order valence-corrected chi connectivity index (χ0v) is 19.1. The van der Waals surface area contributed by atoms with E-state index in [2.05, 4.69) is 20.9 Å². The molecule has 2 aromatic carbocycles. The normalized spacial score (nSPS) is 10.6. The monoisotopic (exact) mass is 516 g/mol. The first kappa shape index (κ1) is 24.0. The molecular formula is C20H26ClIN4O2. The summed E-state index contributed by atoms with van der Waals surface area (Å²) in [6.07, 6.45) is 1.11. The number of rotatable bonds is 8. The van der Waals surface area contributed by atoms with Crippen LogP contribution in [-0.2, 0) is 11.3 Å². The van der Waals surface area contributed by atoms with Gasteiger partial charge in [-0.05, 0) is 48.4 Å². The molecule has 6 nitrogen and oxygen atoms in total. The molecule has 0 aliphatic rings. The van der Waals surface area contributed by atoms with E-state index in [1.807, 2.05) is 24.3 Å². The molecule has 152 valence electrons. The molecule has 0 radical (unpaired) electrons. The van der Waals surface area contributed by atoms with E-state index >= 15 is 0 Å². The standard InChI is InChI=1S/C20H25ClN4O2.HI/c1-22-20(24-14-15-5-3-6-18(13-15)27-2)23-12-4-7-19(26)25-17-10-8-16(21)9-11-17;/h3,5-6,8-11,13H,4,7,12,14H2,1-2H3,(H,25,26)(H2,22,23,24);1H. The van der Waals surface area contributed by atoms with Crippen molar-refractivity contribution in [3.63, 3.8) is 0 Å². The zero-order chi connectivity index (χ0) is 19.5. The molecule has 0 fully saturated rings. The Kier molecular flexibility index (Phi) is 11.4. The second-order valence-corrected chi connectivity index (χ2v) is 6.30. The first-order valence-electron chi connectivity index (χ1n) is 8.73. The van der Waals surface area contributed by atoms with Gasteiger partial charge in [0, 0.05) is 37.3 Å². The number of methoxy groups -OCH3 is 1. The van der Waals surface area contributed by atoms with Gasteiger partial charge < -0.3 is 20.7 Å². The maximum Gasteiger partial charge on any atom is 0.224 e. The lowest BCUT2D eigenvalue weighted by molar-refractivity contribution is -0.116. The highest BCUT2D eigenvalue weighted by Crippen LogP contribution is 2.14. The number of carbonyl (C=O) groups is 1. The van der Waals surface area contributed by atoms with Gasteiger partial charge in [-0.15, -0.1) is 24.0 Å². The number of nitrogens with zero attached hydrogens (tertiary/aromatic N) is 1. The highest BCUT2D eigenvalue weighted by molar-refractivity contribution is 14.0. The molecule has 0 bridgehead atoms. The van der Waals surface area contributed by atoms with Crippen LogP contribution in [0.25, 0.3) is 0 Å². The number of anilines is 1. The molecule has 28 heavy (non-hydrogen) atoms. The molecule has 0 aliphatic carbocycles. The highest BCUT2D eigenvalue weighted by atomic mass is 127. The summed E-state index contributed by atoms with van der Waals surface area (Å²) in [5.74, 6) is 1.48. The van der Waals surface area contributed by atoms with Crippen molar-refractivity contribution in [3.05, 3.63) is 59.1 Å². The molecule has 8 heteroatoms. The summed E-state index contributed by atoms with van der Waals surface area (Å²) in [5.41, 5.74) is 1.84. The summed E-state index contributed by atoms with van der Waals surface area (Å²) in [5, 5.41) is 9.93. The minimum atomic E-state index is -0.0292. The number of hydrogen-bond donors (Lipinski definition) is 3. The number of aliphatic imine (C=N–C) groups is 1. The van der Waals surface area contributed by atoms with E-state index in [1.165, 1.54) is 0 Å². The molecule has 2 aromatic rings. The van der Waals surface area contributed by atoms with Crippen molar-refractivity contribution in [2.24, 2.45) is 4.99 Å². The van der Waals surface area contributed by atoms with Crippen molar-refractivity contribution in [2.45, 2.75) is 19.4 Å². The summed E-state index contributed by atoms with van der Waals surface area (Å²) < 4.78 is 5.22. The third-order valence-corrected chi connectivity index (χ3v) is 4.07. The number of nitrogens with one attached hydrogen (secondary N) is 3. The van der Waals surface area contributed by atoms with Crippen molar-refractivity contribution < 1.29 is 9.53 Å². The van der Waals surface area contributed by atoms with E-state index in [9.17, 15) is 4.79 Å². The lowest BCUT2D eigenvalue weighted by Gasteiger charge is -2.12. The van der Waals surface area contributed by atoms with Gasteiger partial charge in [0.15, 0.2) is 5.96 Å². The quantitative estimate of drug-likeness (QED) is 0.214. The first-order valence-corrected chi connectivity index (χ1v) is 9.11. The lowest BCUT2D eigenvalue weighted by Crippen LogP contribution is -2.37. The van der Waals surface area contributed by atoms with Crippen molar-refractivity contribution in [1.82, 2.24) is 10.6 Å². The number of halogens is 2. The third-order valence-electron chi connectivity index (χ3n) is 3.82. The fraction of sp³-hybridized carbons (Fsp3) is 0.300. The SMILES string of the molecule is CN=C(NCCCC(=O)Nc1ccc(Cl)cc1)NCc1cccc(OC)c1.I. The van der Waals surface area contributed by atoms with E-state index in [1.54, 1.807) is 38.4 Å². The minimum Gasteiger partial charge on any atom is -0.497 e. The van der Waals surface area contributed by atoms with E-state index in [4.69, 9.17) is 16.3 Å². The van der Waals surface area contributed by atoms with Crippen molar-refractivity contribution >= 4 is 53.1 Å². The summed E-state index contributed by atoms with van der Waals surface area (Å²) in [6, 6.07) is 14.9. The van der Waals surface area contributed by atoms with Gasteiger partial charge in [-0.3, -0.25) is 9.79 Å². The summed E-state index contributed by atoms with van der Waals surface area (Å²) in [4.78, 5) is 16.1. The van der Waals surface area contributed by atoms with Crippen LogP contribution in [0, 0.1) is 0 Å². The molecule has 0 spiro atoms. The Balaban J connectivity index is 0.00000392. The molecule has 0 unspecified atom stereocenters. The fourth-order valence-corrected chi connectivity index (χ4v) is 2.53. The largest absolute Gasteiger partial charge is 0.497 e. The predicted molar refractivity (Wildman–Crippen MR) is 126 cm³/mol. The Hall–Kier alpha value is -2.00. The second-order valence-electron chi connectivity index (χ2n) is 5.86. The third kappa shape index (κ3) is 8.79. The van der Waals surface area contributed by atoms with Gasteiger partial charge in [-0.1, -0.05) is 23.7 Å². The Morgan fingerprint density at radius 1 is 1.14 bits per heavy atom. The average Bonchev–Trinajstić information content (AvgIpc) is 2.69. The number of carbonyl (C=O) groups excluding carboxylic acids is 1. The number of guanidine groups is 1. The van der Waals surface area contributed by atoms with Crippen LogP contribution in [0.15, 0.2) is 53.5 Å². The molecule has 0 aliphatic heterocycles. The maximum atomic E-state index is 12.0. The molecular weight excluding hydrogens is 491 g/mol. The van der Waals surface area contributed by atoms with Crippen LogP contribution in [0.2, 0.25) is 5.02 Å². The smallest absolute Gasteiger partial charge is 0.224 e. The number of benzene rings is 2. The van der Waals surface area contributed by atoms with Crippen LogP contribution in [0.5, 0.6) is 5.75 Å². The Bertz CT molecular complexity index is 769. The molecule has 0 saturated carbocycles. The Labute approximate surface area is 188 Å². The topological polar surface area (TPSA) is 74.8 Å². The van der Waals surface area contributed by atoms with Gasteiger partial charge in [0.05, 0.1) is 7.11 Å². The van der Waals surface area contributed by atoms with E-state index in [0.717, 1.165) is 17.0 Å². The van der Waals surface area contributed by atoms with Crippen LogP contribution >= 0.6 is 35.6 Å². The molecule has 2 rings (SSSR count). The van der Waals surface area contributed by atoms with Crippen LogP contribution < -0.4 is 20.7 Å². The fourth-order valence-electron chi connectivity index (χ4n) is 2.40. The summed E-state index contributed by atoms with van der Waals surface area (Å²) in [6.45, 7) is 1.28. The molecule has 0 saturated heterocycles. The van der Waals surface area contributed by atoms with Gasteiger partial charge >= 0.3 is 0 Å². The Morgan fingerprint density at radius 2 is 1.89 bits per heavy atom. The van der Waals surface area contributed by atoms with Gasteiger partial charge in [0.25, 0.3) is 0 Å². The zero-order valence-electron chi connectivity index (χ0n) is 16.0. The van der Waals surface area contributed by atoms with E-state index in [-0.39, 0.29) is 29.9 Å². The molecule has 0 atom stereocenters. The molecule has 0 heterocycles. The second kappa shape index (κ2) is 13.2. The number of amides is 1. The van der Waals surface area contributed by atoms with Crippen LogP contribution in [0.1, 0.15) is 18.4 Å². The predicted octanol–water partition coefficient (Wildman–Crippen LogP) is 4.05. The minimum absolute atomic E-state index is 0. The molecule has 0 aromatic heterocycles. The highest BCUT2D eigenvalue weighted by Gasteiger charge is 2.04. The van der Waals surface area contributed by atoms with Gasteiger partial charge in [0.1, 0.15) is 5.75 Å². The Morgan fingerprint density at radius 3 is 2.57 bits per heavy atom. The first-order chi connectivity index (χ1) is 13.1. The van der Waals surface area contributed by atoms with Gasteiger partial charge in [-0.2, -0.15) is 0 Å². The van der Waals surface area contributed by atoms with Crippen molar-refractivity contribution in [3.8, 4) is 5.75 Å². The number of hydrogen-bond acceptors (Lipinski definition) is 3. The van der Waals surface area contributed by atoms with Crippen molar-refractivity contribution in [2.75, 3.05) is 26.0 Å². The van der Waals surface area contributed by atoms with Gasteiger partial charge in [-0.25, -0.2) is 0 Å². The number of ether oxygens (including phenoxy) is 1. The maximum absolute atomic E-state index is 12.0. The van der Waals surface area contributed by atoms with E-state index < -0.39 is 0 Å². The van der Waals surface area contributed by atoms with Crippen LogP contribution in [0.3, 0.4) is 0 Å².